The molecule has 130 valence electrons. The van der Waals surface area contributed by atoms with Gasteiger partial charge in [-0.25, -0.2) is 13.1 Å². The first-order valence-corrected chi connectivity index (χ1v) is 9.55. The smallest absolute Gasteiger partial charge is 0.242 e. The van der Waals surface area contributed by atoms with Crippen LogP contribution < -0.4 is 4.72 Å². The number of halogens is 2. The van der Waals surface area contributed by atoms with Gasteiger partial charge in [0.05, 0.1) is 11.3 Å². The molecular weight excluding hydrogens is 383 g/mol. The molecule has 1 aromatic carbocycles. The van der Waals surface area contributed by atoms with Crippen LogP contribution in [0.5, 0.6) is 0 Å². The Kier molecular flexibility index (Phi) is 5.15. The highest BCUT2D eigenvalue weighted by atomic mass is 35.5. The Morgan fingerprint density at radius 1 is 1.16 bits per heavy atom. The van der Waals surface area contributed by atoms with Crippen molar-refractivity contribution in [2.75, 3.05) is 0 Å². The molecule has 0 radical (unpaired) electrons. The van der Waals surface area contributed by atoms with E-state index < -0.39 is 10.0 Å². The average Bonchev–Trinajstić information content (AvgIpc) is 3.11. The van der Waals surface area contributed by atoms with Crippen LogP contribution in [0, 0.1) is 6.92 Å². The van der Waals surface area contributed by atoms with Gasteiger partial charge in [-0.1, -0.05) is 29.3 Å². The molecule has 0 unspecified atom stereocenters. The van der Waals surface area contributed by atoms with Crippen LogP contribution in [-0.2, 0) is 16.6 Å². The molecule has 25 heavy (non-hydrogen) atoms. The van der Waals surface area contributed by atoms with Crippen molar-refractivity contribution >= 4 is 33.2 Å². The Labute approximate surface area is 155 Å². The van der Waals surface area contributed by atoms with E-state index in [-0.39, 0.29) is 16.5 Å². The van der Waals surface area contributed by atoms with E-state index >= 15 is 0 Å². The number of pyridine rings is 1. The molecule has 0 saturated heterocycles. The average molecular weight is 397 g/mol. The van der Waals surface area contributed by atoms with Crippen LogP contribution in [0.2, 0.25) is 10.0 Å². The summed E-state index contributed by atoms with van der Waals surface area (Å²) in [5, 5.41) is 0.483. The van der Waals surface area contributed by atoms with Crippen LogP contribution in [0.15, 0.2) is 58.2 Å². The third kappa shape index (κ3) is 3.88. The Bertz CT molecular complexity index is 1000. The number of hydrogen-bond acceptors (Lipinski definition) is 4. The predicted molar refractivity (Wildman–Crippen MR) is 97.2 cm³/mol. The lowest BCUT2D eigenvalue weighted by molar-refractivity contribution is 0.575. The Hall–Kier alpha value is -1.86. The lowest BCUT2D eigenvalue weighted by Crippen LogP contribution is -2.24. The van der Waals surface area contributed by atoms with Gasteiger partial charge in [0.15, 0.2) is 5.76 Å². The van der Waals surface area contributed by atoms with Gasteiger partial charge >= 0.3 is 0 Å². The number of hydrogen-bond donors (Lipinski definition) is 1. The summed E-state index contributed by atoms with van der Waals surface area (Å²) in [6.45, 7) is 1.76. The molecule has 0 aliphatic carbocycles. The van der Waals surface area contributed by atoms with E-state index in [0.29, 0.717) is 27.6 Å². The molecule has 3 rings (SSSR count). The minimum atomic E-state index is -3.81. The number of benzene rings is 1. The molecule has 0 aliphatic heterocycles. The fraction of sp³-hybridized carbons (Fsp3) is 0.118. The number of aromatic nitrogens is 1. The summed E-state index contributed by atoms with van der Waals surface area (Å²) in [6, 6.07) is 9.89. The minimum absolute atomic E-state index is 0.0143. The molecule has 1 N–H and O–H groups in total. The van der Waals surface area contributed by atoms with Crippen molar-refractivity contribution in [3.63, 3.8) is 0 Å². The molecule has 5 nitrogen and oxygen atoms in total. The van der Waals surface area contributed by atoms with Gasteiger partial charge in [-0.05, 0) is 48.4 Å². The summed E-state index contributed by atoms with van der Waals surface area (Å²) in [5.41, 5.74) is 1.89. The Morgan fingerprint density at radius 2 is 1.96 bits per heavy atom. The largest absolute Gasteiger partial charge is 0.463 e. The van der Waals surface area contributed by atoms with Crippen LogP contribution in [0.1, 0.15) is 11.1 Å². The number of aryl methyl sites for hydroxylation is 1. The van der Waals surface area contributed by atoms with Crippen molar-refractivity contribution in [1.82, 2.24) is 9.71 Å². The predicted octanol–water partition coefficient (Wildman–Crippen LogP) is 4.44. The van der Waals surface area contributed by atoms with Gasteiger partial charge in [-0.2, -0.15) is 0 Å². The quantitative estimate of drug-likeness (QED) is 0.691. The molecule has 0 atom stereocenters. The highest BCUT2D eigenvalue weighted by molar-refractivity contribution is 7.89. The van der Waals surface area contributed by atoms with E-state index in [0.717, 1.165) is 0 Å². The molecule has 2 aromatic heterocycles. The van der Waals surface area contributed by atoms with Gasteiger partial charge < -0.3 is 4.42 Å². The third-order valence-corrected chi connectivity index (χ3v) is 5.87. The minimum Gasteiger partial charge on any atom is -0.463 e. The highest BCUT2D eigenvalue weighted by Crippen LogP contribution is 2.28. The highest BCUT2D eigenvalue weighted by Gasteiger charge is 2.20. The van der Waals surface area contributed by atoms with Gasteiger partial charge in [0.1, 0.15) is 10.6 Å². The maximum Gasteiger partial charge on any atom is 0.242 e. The monoisotopic (exact) mass is 396 g/mol. The second-order valence-corrected chi connectivity index (χ2v) is 7.89. The van der Waals surface area contributed by atoms with Crippen molar-refractivity contribution in [3.8, 4) is 11.5 Å². The molecule has 3 aromatic rings. The number of nitrogens with zero attached hydrogens (tertiary/aromatic N) is 1. The lowest BCUT2D eigenvalue weighted by Gasteiger charge is -2.11. The first-order chi connectivity index (χ1) is 11.9. The fourth-order valence-electron chi connectivity index (χ4n) is 2.30. The summed E-state index contributed by atoms with van der Waals surface area (Å²) in [6.07, 6.45) is 3.16. The molecule has 0 aliphatic rings. The van der Waals surface area contributed by atoms with E-state index in [1.807, 2.05) is 0 Å². The molecule has 0 saturated carbocycles. The maximum absolute atomic E-state index is 12.6. The second kappa shape index (κ2) is 7.17. The van der Waals surface area contributed by atoms with E-state index in [4.69, 9.17) is 27.6 Å². The molecule has 0 amide bonds. The van der Waals surface area contributed by atoms with Crippen LogP contribution in [0.4, 0.5) is 0 Å². The van der Waals surface area contributed by atoms with Crippen molar-refractivity contribution in [3.05, 3.63) is 70.0 Å². The first-order valence-electron chi connectivity index (χ1n) is 7.31. The van der Waals surface area contributed by atoms with Crippen molar-refractivity contribution in [2.45, 2.75) is 18.4 Å². The second-order valence-electron chi connectivity index (χ2n) is 5.34. The zero-order valence-electron chi connectivity index (χ0n) is 13.2. The molecule has 8 heteroatoms. The zero-order chi connectivity index (χ0) is 18.0. The Balaban J connectivity index is 1.88. The summed E-state index contributed by atoms with van der Waals surface area (Å²) in [7, 11) is -3.81. The molecule has 0 spiro atoms. The standard InChI is InChI=1S/C17H14Cl2N2O3S/c1-11-8-16(14(19)9-13(11)18)25(22,23)21-10-12-4-2-6-20-17(12)15-5-3-7-24-15/h2-9,21H,10H2,1H3. The first kappa shape index (κ1) is 17.9. The fourth-order valence-corrected chi connectivity index (χ4v) is 4.14. The van der Waals surface area contributed by atoms with Crippen LogP contribution in [0.25, 0.3) is 11.5 Å². The summed E-state index contributed by atoms with van der Waals surface area (Å²) in [4.78, 5) is 4.25. The third-order valence-electron chi connectivity index (χ3n) is 3.60. The lowest BCUT2D eigenvalue weighted by atomic mass is 10.1. The van der Waals surface area contributed by atoms with E-state index in [2.05, 4.69) is 9.71 Å². The molecule has 2 heterocycles. The Morgan fingerprint density at radius 3 is 2.68 bits per heavy atom. The van der Waals surface area contributed by atoms with Gasteiger partial charge in [-0.15, -0.1) is 0 Å². The van der Waals surface area contributed by atoms with Gasteiger partial charge in [0, 0.05) is 17.8 Å². The number of rotatable bonds is 5. The molecule has 0 bridgehead atoms. The number of furan rings is 1. The molecular formula is C17H14Cl2N2O3S. The normalized spacial score (nSPS) is 11.6. The van der Waals surface area contributed by atoms with Crippen LogP contribution >= 0.6 is 23.2 Å². The van der Waals surface area contributed by atoms with Gasteiger partial charge in [0.2, 0.25) is 10.0 Å². The van der Waals surface area contributed by atoms with Gasteiger partial charge in [-0.3, -0.25) is 4.98 Å². The SMILES string of the molecule is Cc1cc(S(=O)(=O)NCc2cccnc2-c2ccco2)c(Cl)cc1Cl. The van der Waals surface area contributed by atoms with Crippen LogP contribution in [-0.4, -0.2) is 13.4 Å². The van der Waals surface area contributed by atoms with Crippen molar-refractivity contribution < 1.29 is 12.8 Å². The summed E-state index contributed by atoms with van der Waals surface area (Å²) < 4.78 is 33.1. The van der Waals surface area contributed by atoms with Gasteiger partial charge in [0.25, 0.3) is 0 Å². The summed E-state index contributed by atoms with van der Waals surface area (Å²) >= 11 is 12.0. The maximum atomic E-state index is 12.6. The number of nitrogens with one attached hydrogen (secondary N) is 1. The topological polar surface area (TPSA) is 72.2 Å². The summed E-state index contributed by atoms with van der Waals surface area (Å²) in [5.74, 6) is 0.565. The van der Waals surface area contributed by atoms with E-state index in [1.165, 1.54) is 18.4 Å². The van der Waals surface area contributed by atoms with Crippen molar-refractivity contribution in [1.29, 1.82) is 0 Å². The van der Waals surface area contributed by atoms with E-state index in [1.54, 1.807) is 37.4 Å². The van der Waals surface area contributed by atoms with E-state index in [9.17, 15) is 8.42 Å². The molecule has 0 fully saturated rings. The number of sulfonamides is 1. The van der Waals surface area contributed by atoms with Crippen LogP contribution in [0.3, 0.4) is 0 Å². The van der Waals surface area contributed by atoms with Crippen molar-refractivity contribution in [2.24, 2.45) is 0 Å². The zero-order valence-corrected chi connectivity index (χ0v) is 15.5.